The lowest BCUT2D eigenvalue weighted by Gasteiger charge is -2.17. The second-order valence-corrected chi connectivity index (χ2v) is 7.34. The Labute approximate surface area is 120 Å². The van der Waals surface area contributed by atoms with Crippen LogP contribution in [-0.4, -0.2) is 45.5 Å². The second-order valence-electron chi connectivity index (χ2n) is 5.40. The highest BCUT2D eigenvalue weighted by Crippen LogP contribution is 2.31. The van der Waals surface area contributed by atoms with Crippen LogP contribution < -0.4 is 10.1 Å². The monoisotopic (exact) mass is 296 g/mol. The summed E-state index contributed by atoms with van der Waals surface area (Å²) in [7, 11) is -3.36. The number of sulfonamides is 1. The number of hydrogen-bond acceptors (Lipinski definition) is 4. The van der Waals surface area contributed by atoms with Crippen molar-refractivity contribution in [3.8, 4) is 5.75 Å². The Hall–Kier alpha value is -1.11. The minimum absolute atomic E-state index is 0.355. The van der Waals surface area contributed by atoms with Gasteiger partial charge in [0.05, 0.1) is 11.5 Å². The van der Waals surface area contributed by atoms with E-state index in [2.05, 4.69) is 5.32 Å². The summed E-state index contributed by atoms with van der Waals surface area (Å²) in [5.41, 5.74) is 0. The first-order valence-corrected chi connectivity index (χ1v) is 8.49. The van der Waals surface area contributed by atoms with E-state index in [0.29, 0.717) is 42.2 Å². The molecule has 3 rings (SSSR count). The van der Waals surface area contributed by atoms with Gasteiger partial charge >= 0.3 is 0 Å². The van der Waals surface area contributed by atoms with Crippen LogP contribution in [0.25, 0.3) is 0 Å². The fourth-order valence-electron chi connectivity index (χ4n) is 3.03. The summed E-state index contributed by atoms with van der Waals surface area (Å²) in [6.45, 7) is 5.61. The Balaban J connectivity index is 1.78. The highest BCUT2D eigenvalue weighted by Gasteiger charge is 2.41. The summed E-state index contributed by atoms with van der Waals surface area (Å²) in [5, 5.41) is 3.32. The predicted octanol–water partition coefficient (Wildman–Crippen LogP) is 0.925. The Kier molecular flexibility index (Phi) is 3.70. The van der Waals surface area contributed by atoms with Crippen molar-refractivity contribution in [1.29, 1.82) is 0 Å². The molecule has 2 aliphatic heterocycles. The van der Waals surface area contributed by atoms with Crippen molar-refractivity contribution in [2.45, 2.75) is 11.8 Å². The van der Waals surface area contributed by atoms with Gasteiger partial charge in [0.25, 0.3) is 0 Å². The maximum atomic E-state index is 12.6. The minimum Gasteiger partial charge on any atom is -0.494 e. The molecule has 0 radical (unpaired) electrons. The highest BCUT2D eigenvalue weighted by molar-refractivity contribution is 7.89. The summed E-state index contributed by atoms with van der Waals surface area (Å²) in [6, 6.07) is 6.70. The van der Waals surface area contributed by atoms with Crippen LogP contribution >= 0.6 is 0 Å². The first kappa shape index (κ1) is 13.9. The van der Waals surface area contributed by atoms with Crippen LogP contribution in [0.4, 0.5) is 0 Å². The number of hydrogen-bond donors (Lipinski definition) is 1. The van der Waals surface area contributed by atoms with Crippen LogP contribution in [0.1, 0.15) is 6.92 Å². The lowest BCUT2D eigenvalue weighted by atomic mass is 10.0. The molecule has 2 heterocycles. The van der Waals surface area contributed by atoms with Gasteiger partial charge in [-0.1, -0.05) is 0 Å². The normalized spacial score (nSPS) is 26.6. The Morgan fingerprint density at radius 3 is 2.35 bits per heavy atom. The summed E-state index contributed by atoms with van der Waals surface area (Å²) >= 11 is 0. The van der Waals surface area contributed by atoms with E-state index in [1.807, 2.05) is 6.92 Å². The topological polar surface area (TPSA) is 58.6 Å². The van der Waals surface area contributed by atoms with Gasteiger partial charge in [-0.3, -0.25) is 0 Å². The molecule has 0 saturated carbocycles. The quantitative estimate of drug-likeness (QED) is 0.898. The SMILES string of the molecule is CCOc1ccc(S(=O)(=O)N2C[C@H]3CNC[C@H]3C2)cc1. The van der Waals surface area contributed by atoms with Crippen molar-refractivity contribution >= 4 is 10.0 Å². The molecule has 0 amide bonds. The third kappa shape index (κ3) is 2.43. The molecule has 2 aliphatic rings. The van der Waals surface area contributed by atoms with E-state index in [4.69, 9.17) is 4.74 Å². The first-order chi connectivity index (χ1) is 9.61. The van der Waals surface area contributed by atoms with Crippen molar-refractivity contribution in [1.82, 2.24) is 9.62 Å². The first-order valence-electron chi connectivity index (χ1n) is 7.05. The van der Waals surface area contributed by atoms with Gasteiger partial charge in [0.1, 0.15) is 5.75 Å². The molecule has 2 atom stereocenters. The van der Waals surface area contributed by atoms with Gasteiger partial charge in [-0.25, -0.2) is 8.42 Å². The van der Waals surface area contributed by atoms with E-state index in [1.165, 1.54) is 0 Å². The van der Waals surface area contributed by atoms with Gasteiger partial charge < -0.3 is 10.1 Å². The molecular weight excluding hydrogens is 276 g/mol. The average molecular weight is 296 g/mol. The van der Waals surface area contributed by atoms with Crippen LogP contribution in [0.2, 0.25) is 0 Å². The molecule has 1 aromatic rings. The molecule has 110 valence electrons. The minimum atomic E-state index is -3.36. The van der Waals surface area contributed by atoms with E-state index in [9.17, 15) is 8.42 Å². The van der Waals surface area contributed by atoms with E-state index >= 15 is 0 Å². The summed E-state index contributed by atoms with van der Waals surface area (Å²) in [5.74, 6) is 1.63. The van der Waals surface area contributed by atoms with Gasteiger partial charge in [-0.15, -0.1) is 0 Å². The van der Waals surface area contributed by atoms with Gasteiger partial charge in [-0.2, -0.15) is 4.31 Å². The van der Waals surface area contributed by atoms with E-state index < -0.39 is 10.0 Å². The molecule has 20 heavy (non-hydrogen) atoms. The third-order valence-electron chi connectivity index (χ3n) is 4.13. The van der Waals surface area contributed by atoms with Crippen molar-refractivity contribution < 1.29 is 13.2 Å². The standard InChI is InChI=1S/C14H20N2O3S/c1-2-19-13-3-5-14(6-4-13)20(17,18)16-9-11-7-15-8-12(11)10-16/h3-6,11-12,15H,2,7-10H2,1H3/t11-,12+. The van der Waals surface area contributed by atoms with E-state index in [0.717, 1.165) is 13.1 Å². The zero-order valence-electron chi connectivity index (χ0n) is 11.6. The van der Waals surface area contributed by atoms with E-state index in [-0.39, 0.29) is 0 Å². The van der Waals surface area contributed by atoms with E-state index in [1.54, 1.807) is 28.6 Å². The number of benzene rings is 1. The zero-order valence-corrected chi connectivity index (χ0v) is 12.4. The molecule has 0 unspecified atom stereocenters. The Morgan fingerprint density at radius 2 is 1.80 bits per heavy atom. The molecule has 5 nitrogen and oxygen atoms in total. The maximum absolute atomic E-state index is 12.6. The highest BCUT2D eigenvalue weighted by atomic mass is 32.2. The van der Waals surface area contributed by atoms with Crippen molar-refractivity contribution in [3.63, 3.8) is 0 Å². The largest absolute Gasteiger partial charge is 0.494 e. The molecule has 0 aliphatic carbocycles. The average Bonchev–Trinajstić information content (AvgIpc) is 3.00. The number of nitrogens with one attached hydrogen (secondary N) is 1. The summed E-state index contributed by atoms with van der Waals surface area (Å²) in [4.78, 5) is 0.355. The lowest BCUT2D eigenvalue weighted by Crippen LogP contribution is -2.31. The number of ether oxygens (including phenoxy) is 1. The number of fused-ring (bicyclic) bond motifs is 1. The zero-order chi connectivity index (χ0) is 14.2. The van der Waals surface area contributed by atoms with Crippen LogP contribution in [0.3, 0.4) is 0 Å². The molecule has 6 heteroatoms. The molecule has 2 saturated heterocycles. The molecule has 1 N–H and O–H groups in total. The van der Waals surface area contributed by atoms with Gasteiger partial charge in [-0.05, 0) is 56.1 Å². The fraction of sp³-hybridized carbons (Fsp3) is 0.571. The van der Waals surface area contributed by atoms with Crippen LogP contribution in [0.5, 0.6) is 5.75 Å². The Bertz CT molecular complexity index is 559. The van der Waals surface area contributed by atoms with Gasteiger partial charge in [0.15, 0.2) is 0 Å². The number of nitrogens with zero attached hydrogens (tertiary/aromatic N) is 1. The van der Waals surface area contributed by atoms with Gasteiger partial charge in [0.2, 0.25) is 10.0 Å². The van der Waals surface area contributed by atoms with Crippen molar-refractivity contribution in [2.24, 2.45) is 11.8 Å². The molecular formula is C14H20N2O3S. The third-order valence-corrected chi connectivity index (χ3v) is 5.97. The molecule has 2 fully saturated rings. The summed E-state index contributed by atoms with van der Waals surface area (Å²) < 4.78 is 32.2. The Morgan fingerprint density at radius 1 is 1.20 bits per heavy atom. The van der Waals surface area contributed by atoms with Crippen molar-refractivity contribution in [2.75, 3.05) is 32.8 Å². The maximum Gasteiger partial charge on any atom is 0.243 e. The van der Waals surface area contributed by atoms with Crippen LogP contribution in [0, 0.1) is 11.8 Å². The predicted molar refractivity (Wildman–Crippen MR) is 76.2 cm³/mol. The summed E-state index contributed by atoms with van der Waals surface area (Å²) in [6.07, 6.45) is 0. The van der Waals surface area contributed by atoms with Crippen LogP contribution in [-0.2, 0) is 10.0 Å². The smallest absolute Gasteiger partial charge is 0.243 e. The second kappa shape index (κ2) is 5.35. The molecule has 0 spiro atoms. The van der Waals surface area contributed by atoms with Crippen LogP contribution in [0.15, 0.2) is 29.2 Å². The van der Waals surface area contributed by atoms with Gasteiger partial charge in [0, 0.05) is 13.1 Å². The number of rotatable bonds is 4. The fourth-order valence-corrected chi connectivity index (χ4v) is 4.59. The van der Waals surface area contributed by atoms with Crippen molar-refractivity contribution in [3.05, 3.63) is 24.3 Å². The lowest BCUT2D eigenvalue weighted by molar-refractivity contribution is 0.340. The molecule has 1 aromatic carbocycles. The molecule has 0 bridgehead atoms. The molecule has 0 aromatic heterocycles.